The first-order valence-corrected chi connectivity index (χ1v) is 9.06. The Balaban J connectivity index is 1.72. The number of hydrogen-bond donors (Lipinski definition) is 1. The lowest BCUT2D eigenvalue weighted by Crippen LogP contribution is -2.16. The summed E-state index contributed by atoms with van der Waals surface area (Å²) in [6.45, 7) is 3.75. The van der Waals surface area contributed by atoms with Gasteiger partial charge in [-0.15, -0.1) is 0 Å². The summed E-state index contributed by atoms with van der Waals surface area (Å²) in [5.41, 5.74) is 2.74. The first-order valence-electron chi connectivity index (χ1n) is 7.86. The number of aromatic nitrogens is 5. The lowest BCUT2D eigenvalue weighted by molar-refractivity contribution is 0.102. The first-order chi connectivity index (χ1) is 12.4. The fourth-order valence-corrected chi connectivity index (χ4v) is 3.81. The zero-order valence-corrected chi connectivity index (χ0v) is 15.9. The molecule has 0 aliphatic heterocycles. The van der Waals surface area contributed by atoms with Crippen LogP contribution in [0, 0.1) is 13.8 Å². The topological polar surface area (TPSA) is 77.6 Å². The average Bonchev–Trinajstić information content (AvgIpc) is 3.26. The largest absolute Gasteiger partial charge is 0.305 e. The number of hydrogen-bond acceptors (Lipinski definition) is 5. The van der Waals surface area contributed by atoms with Crippen LogP contribution in [0.5, 0.6) is 0 Å². The molecule has 0 radical (unpaired) electrons. The monoisotopic (exact) mass is 386 g/mol. The smallest absolute Gasteiger partial charge is 0.277 e. The van der Waals surface area contributed by atoms with Crippen LogP contribution in [0.2, 0.25) is 5.02 Å². The number of anilines is 1. The predicted molar refractivity (Wildman–Crippen MR) is 102 cm³/mol. The number of carbonyl (C=O) groups is 1. The van der Waals surface area contributed by atoms with E-state index in [1.54, 1.807) is 34.6 Å². The van der Waals surface area contributed by atoms with Gasteiger partial charge in [-0.25, -0.2) is 4.98 Å². The number of para-hydroxylation sites is 1. The number of rotatable bonds is 3. The number of halogens is 1. The van der Waals surface area contributed by atoms with Crippen molar-refractivity contribution in [2.24, 2.45) is 7.05 Å². The van der Waals surface area contributed by atoms with Crippen LogP contribution in [0.15, 0.2) is 30.3 Å². The van der Waals surface area contributed by atoms with Gasteiger partial charge in [0.15, 0.2) is 5.69 Å². The fourth-order valence-electron chi connectivity index (χ4n) is 2.58. The van der Waals surface area contributed by atoms with E-state index in [9.17, 15) is 4.79 Å². The molecule has 0 aliphatic carbocycles. The second-order valence-corrected chi connectivity index (χ2v) is 7.33. The summed E-state index contributed by atoms with van der Waals surface area (Å²) in [7, 11) is 1.80. The summed E-state index contributed by atoms with van der Waals surface area (Å²) in [6.07, 6.45) is 0. The third kappa shape index (κ3) is 2.87. The molecule has 0 fully saturated rings. The minimum atomic E-state index is -0.297. The molecule has 3 aromatic heterocycles. The van der Waals surface area contributed by atoms with Crippen molar-refractivity contribution in [2.45, 2.75) is 13.8 Å². The van der Waals surface area contributed by atoms with Crippen molar-refractivity contribution >= 4 is 44.9 Å². The lowest BCUT2D eigenvalue weighted by Gasteiger charge is -2.04. The van der Waals surface area contributed by atoms with Crippen molar-refractivity contribution in [1.29, 1.82) is 0 Å². The van der Waals surface area contributed by atoms with Gasteiger partial charge < -0.3 is 5.32 Å². The molecule has 1 aromatic carbocycles. The predicted octanol–water partition coefficient (Wildman–Crippen LogP) is 3.74. The van der Waals surface area contributed by atoms with E-state index in [4.69, 9.17) is 11.6 Å². The van der Waals surface area contributed by atoms with Crippen LogP contribution >= 0.6 is 22.9 Å². The van der Waals surface area contributed by atoms with Crippen molar-refractivity contribution in [3.8, 4) is 5.13 Å². The Morgan fingerprint density at radius 3 is 2.73 bits per heavy atom. The molecule has 1 N–H and O–H groups in total. The molecule has 0 saturated heterocycles. The number of nitrogens with zero attached hydrogens (tertiary/aromatic N) is 5. The summed E-state index contributed by atoms with van der Waals surface area (Å²) in [4.78, 5) is 17.1. The van der Waals surface area contributed by atoms with Gasteiger partial charge in [0.05, 0.1) is 15.4 Å². The third-order valence-electron chi connectivity index (χ3n) is 3.96. The highest BCUT2D eigenvalue weighted by Crippen LogP contribution is 2.31. The zero-order chi connectivity index (χ0) is 18.4. The summed E-state index contributed by atoms with van der Waals surface area (Å²) >= 11 is 7.67. The standard InChI is InChI=1S/C17H15ClN6OS/c1-9-7-14(19-16(25)12-8-10(2)23(3)22-12)24(21-9)17-20-15-11(18)5-4-6-13(15)26-17/h4-8H,1-3H3,(H,19,25). The molecule has 4 aromatic rings. The van der Waals surface area contributed by atoms with Gasteiger partial charge >= 0.3 is 0 Å². The lowest BCUT2D eigenvalue weighted by atomic mass is 10.3. The molecule has 1 amide bonds. The van der Waals surface area contributed by atoms with Crippen molar-refractivity contribution in [3.63, 3.8) is 0 Å². The molecular weight excluding hydrogens is 372 g/mol. The number of aryl methyl sites for hydroxylation is 3. The maximum Gasteiger partial charge on any atom is 0.277 e. The van der Waals surface area contributed by atoms with Crippen LogP contribution in [-0.4, -0.2) is 30.5 Å². The number of amides is 1. The van der Waals surface area contributed by atoms with Gasteiger partial charge in [-0.05, 0) is 32.0 Å². The Morgan fingerprint density at radius 2 is 2.04 bits per heavy atom. The molecule has 3 heterocycles. The minimum Gasteiger partial charge on any atom is -0.305 e. The Kier molecular flexibility index (Phi) is 4.01. The van der Waals surface area contributed by atoms with Gasteiger partial charge in [0.1, 0.15) is 11.3 Å². The maximum absolute atomic E-state index is 12.5. The number of thiazole rings is 1. The molecule has 0 bridgehead atoms. The Morgan fingerprint density at radius 1 is 1.23 bits per heavy atom. The summed E-state index contributed by atoms with van der Waals surface area (Å²) < 4.78 is 4.23. The quantitative estimate of drug-likeness (QED) is 0.581. The van der Waals surface area contributed by atoms with Crippen LogP contribution in [-0.2, 0) is 7.05 Å². The van der Waals surface area contributed by atoms with E-state index in [0.717, 1.165) is 21.6 Å². The molecule has 0 unspecified atom stereocenters. The Hall–Kier alpha value is -2.71. The van der Waals surface area contributed by atoms with Crippen LogP contribution < -0.4 is 5.32 Å². The van der Waals surface area contributed by atoms with E-state index in [1.165, 1.54) is 11.3 Å². The highest BCUT2D eigenvalue weighted by atomic mass is 35.5. The van der Waals surface area contributed by atoms with Gasteiger partial charge in [0.25, 0.3) is 5.91 Å². The molecule has 0 spiro atoms. The van der Waals surface area contributed by atoms with Crippen molar-refractivity contribution < 1.29 is 4.79 Å². The second-order valence-electron chi connectivity index (χ2n) is 5.91. The molecule has 0 aliphatic rings. The normalized spacial score (nSPS) is 11.2. The molecule has 0 atom stereocenters. The van der Waals surface area contributed by atoms with Gasteiger partial charge in [0, 0.05) is 18.8 Å². The molecule has 9 heteroatoms. The van der Waals surface area contributed by atoms with E-state index in [1.807, 2.05) is 26.0 Å². The highest BCUT2D eigenvalue weighted by Gasteiger charge is 2.18. The van der Waals surface area contributed by atoms with Gasteiger partial charge in [-0.3, -0.25) is 9.48 Å². The fraction of sp³-hybridized carbons (Fsp3) is 0.176. The van der Waals surface area contributed by atoms with Gasteiger partial charge in [-0.2, -0.15) is 14.9 Å². The van der Waals surface area contributed by atoms with Crippen LogP contribution in [0.25, 0.3) is 15.3 Å². The van der Waals surface area contributed by atoms with Gasteiger partial charge in [-0.1, -0.05) is 29.0 Å². The number of benzene rings is 1. The van der Waals surface area contributed by atoms with Crippen LogP contribution in [0.4, 0.5) is 5.82 Å². The SMILES string of the molecule is Cc1cc(NC(=O)c2cc(C)n(C)n2)n(-c2nc3c(Cl)cccc3s2)n1. The van der Waals surface area contributed by atoms with E-state index < -0.39 is 0 Å². The molecular formula is C17H15ClN6OS. The molecule has 0 saturated carbocycles. The van der Waals surface area contributed by atoms with Crippen molar-refractivity contribution in [2.75, 3.05) is 5.32 Å². The average molecular weight is 387 g/mol. The summed E-state index contributed by atoms with van der Waals surface area (Å²) in [5.74, 6) is 0.236. The number of nitrogens with one attached hydrogen (secondary N) is 1. The maximum atomic E-state index is 12.5. The third-order valence-corrected chi connectivity index (χ3v) is 5.26. The Labute approximate surface area is 158 Å². The molecule has 7 nitrogen and oxygen atoms in total. The van der Waals surface area contributed by atoms with Crippen molar-refractivity contribution in [1.82, 2.24) is 24.5 Å². The van der Waals surface area contributed by atoms with Crippen molar-refractivity contribution in [3.05, 3.63) is 52.4 Å². The second kappa shape index (κ2) is 6.22. The van der Waals surface area contributed by atoms with E-state index in [2.05, 4.69) is 20.5 Å². The Bertz CT molecular complexity index is 1120. The summed E-state index contributed by atoms with van der Waals surface area (Å²) in [6, 6.07) is 9.16. The molecule has 26 heavy (non-hydrogen) atoms. The van der Waals surface area contributed by atoms with Crippen LogP contribution in [0.3, 0.4) is 0 Å². The zero-order valence-electron chi connectivity index (χ0n) is 14.3. The number of carbonyl (C=O) groups excluding carboxylic acids is 1. The van der Waals surface area contributed by atoms with E-state index >= 15 is 0 Å². The number of fused-ring (bicyclic) bond motifs is 1. The van der Waals surface area contributed by atoms with Crippen LogP contribution in [0.1, 0.15) is 21.9 Å². The van der Waals surface area contributed by atoms with E-state index in [0.29, 0.717) is 21.7 Å². The highest BCUT2D eigenvalue weighted by molar-refractivity contribution is 7.20. The first kappa shape index (κ1) is 16.7. The molecule has 4 rings (SSSR count). The summed E-state index contributed by atoms with van der Waals surface area (Å²) in [5, 5.41) is 12.7. The van der Waals surface area contributed by atoms with Gasteiger partial charge in [0.2, 0.25) is 5.13 Å². The van der Waals surface area contributed by atoms with E-state index in [-0.39, 0.29) is 5.91 Å². The minimum absolute atomic E-state index is 0.297. The molecule has 132 valence electrons.